The molecule has 17 heavy (non-hydrogen) atoms. The molecular weight excluding hydrogens is 214 g/mol. The Morgan fingerprint density at radius 2 is 2.06 bits per heavy atom. The Hall–Kier alpha value is -1.97. The normalized spacial score (nSPS) is 12.4. The van der Waals surface area contributed by atoms with Crippen LogP contribution in [-0.2, 0) is 13.5 Å². The van der Waals surface area contributed by atoms with Gasteiger partial charge in [-0.25, -0.2) is 0 Å². The van der Waals surface area contributed by atoms with Crippen LogP contribution in [0.2, 0.25) is 0 Å². The summed E-state index contributed by atoms with van der Waals surface area (Å²) >= 11 is 0. The molecule has 1 aromatic heterocycles. The number of phenols is 1. The summed E-state index contributed by atoms with van der Waals surface area (Å²) in [6.07, 6.45) is 4.68. The molecule has 1 unspecified atom stereocenters. The Bertz CT molecular complexity index is 476. The summed E-state index contributed by atoms with van der Waals surface area (Å²) in [4.78, 5) is 0. The number of nitrogens with one attached hydrogen (secondary N) is 1. The summed E-state index contributed by atoms with van der Waals surface area (Å²) in [6, 6.07) is 7.63. The van der Waals surface area contributed by atoms with Gasteiger partial charge in [-0.2, -0.15) is 5.10 Å². The van der Waals surface area contributed by atoms with Gasteiger partial charge in [0.1, 0.15) is 5.75 Å². The van der Waals surface area contributed by atoms with Crippen molar-refractivity contribution >= 4 is 5.69 Å². The third-order valence-electron chi connectivity index (χ3n) is 2.60. The zero-order valence-electron chi connectivity index (χ0n) is 10.1. The van der Waals surface area contributed by atoms with E-state index in [0.717, 1.165) is 12.1 Å². The van der Waals surface area contributed by atoms with Crippen molar-refractivity contribution in [1.29, 1.82) is 0 Å². The van der Waals surface area contributed by atoms with Crippen LogP contribution in [0.5, 0.6) is 5.75 Å². The number of aromatic hydroxyl groups is 1. The first kappa shape index (κ1) is 11.5. The number of nitrogens with zero attached hydrogens (tertiary/aromatic N) is 2. The molecule has 0 amide bonds. The molecule has 1 heterocycles. The van der Waals surface area contributed by atoms with Crippen molar-refractivity contribution in [3.63, 3.8) is 0 Å². The Balaban J connectivity index is 1.93. The van der Waals surface area contributed by atoms with Crippen LogP contribution in [-0.4, -0.2) is 20.9 Å². The third-order valence-corrected chi connectivity index (χ3v) is 2.60. The zero-order chi connectivity index (χ0) is 12.3. The van der Waals surface area contributed by atoms with E-state index in [1.807, 2.05) is 31.6 Å². The second-order valence-electron chi connectivity index (χ2n) is 4.32. The second kappa shape index (κ2) is 4.91. The van der Waals surface area contributed by atoms with E-state index in [1.165, 1.54) is 5.56 Å². The molecule has 0 aliphatic carbocycles. The molecule has 1 aromatic carbocycles. The minimum absolute atomic E-state index is 0.307. The van der Waals surface area contributed by atoms with Gasteiger partial charge in [-0.15, -0.1) is 0 Å². The Labute approximate surface area is 101 Å². The second-order valence-corrected chi connectivity index (χ2v) is 4.32. The van der Waals surface area contributed by atoms with Gasteiger partial charge in [0.15, 0.2) is 0 Å². The highest BCUT2D eigenvalue weighted by Crippen LogP contribution is 2.13. The first-order valence-corrected chi connectivity index (χ1v) is 5.66. The number of aryl methyl sites for hydroxylation is 1. The van der Waals surface area contributed by atoms with E-state index >= 15 is 0 Å². The number of hydrogen-bond donors (Lipinski definition) is 2. The fourth-order valence-electron chi connectivity index (χ4n) is 1.82. The third kappa shape index (κ3) is 3.24. The van der Waals surface area contributed by atoms with Crippen molar-refractivity contribution in [1.82, 2.24) is 9.78 Å². The van der Waals surface area contributed by atoms with Gasteiger partial charge in [0.2, 0.25) is 0 Å². The number of hydrogen-bond acceptors (Lipinski definition) is 3. The standard InChI is InChI=1S/C13H17N3O/c1-10(15-12-8-14-16(2)9-12)7-11-3-5-13(17)6-4-11/h3-6,8-10,15,17H,7H2,1-2H3. The highest BCUT2D eigenvalue weighted by molar-refractivity contribution is 5.39. The van der Waals surface area contributed by atoms with Gasteiger partial charge >= 0.3 is 0 Å². The monoisotopic (exact) mass is 231 g/mol. The molecule has 90 valence electrons. The average molecular weight is 231 g/mol. The minimum Gasteiger partial charge on any atom is -0.508 e. The lowest BCUT2D eigenvalue weighted by Gasteiger charge is -2.13. The smallest absolute Gasteiger partial charge is 0.115 e. The molecule has 4 heteroatoms. The van der Waals surface area contributed by atoms with E-state index in [9.17, 15) is 5.11 Å². The van der Waals surface area contributed by atoms with Crippen molar-refractivity contribution in [3.05, 3.63) is 42.2 Å². The van der Waals surface area contributed by atoms with E-state index in [0.29, 0.717) is 11.8 Å². The van der Waals surface area contributed by atoms with Gasteiger partial charge < -0.3 is 10.4 Å². The molecule has 2 rings (SSSR count). The predicted octanol–water partition coefficient (Wildman–Crippen LogP) is 2.17. The van der Waals surface area contributed by atoms with Crippen LogP contribution in [0.3, 0.4) is 0 Å². The molecule has 0 radical (unpaired) electrons. The predicted molar refractivity (Wildman–Crippen MR) is 68.1 cm³/mol. The van der Waals surface area contributed by atoms with Gasteiger partial charge in [-0.05, 0) is 31.0 Å². The molecule has 0 bridgehead atoms. The van der Waals surface area contributed by atoms with E-state index < -0.39 is 0 Å². The van der Waals surface area contributed by atoms with E-state index in [1.54, 1.807) is 16.8 Å². The summed E-state index contributed by atoms with van der Waals surface area (Å²) in [6.45, 7) is 2.12. The van der Waals surface area contributed by atoms with Crippen LogP contribution in [0.4, 0.5) is 5.69 Å². The first-order chi connectivity index (χ1) is 8.13. The van der Waals surface area contributed by atoms with Crippen LogP contribution in [0.25, 0.3) is 0 Å². The topological polar surface area (TPSA) is 50.1 Å². The summed E-state index contributed by atoms with van der Waals surface area (Å²) in [5.41, 5.74) is 2.23. The number of benzene rings is 1. The molecule has 2 N–H and O–H groups in total. The minimum atomic E-state index is 0.307. The molecule has 0 fully saturated rings. The quantitative estimate of drug-likeness (QED) is 0.847. The maximum Gasteiger partial charge on any atom is 0.115 e. The Morgan fingerprint density at radius 1 is 1.35 bits per heavy atom. The van der Waals surface area contributed by atoms with Crippen LogP contribution in [0, 0.1) is 0 Å². The average Bonchev–Trinajstić information content (AvgIpc) is 2.67. The Kier molecular flexibility index (Phi) is 3.32. The van der Waals surface area contributed by atoms with Crippen molar-refractivity contribution < 1.29 is 5.11 Å². The SMILES string of the molecule is CC(Cc1ccc(O)cc1)Nc1cnn(C)c1. The van der Waals surface area contributed by atoms with Crippen LogP contribution in [0.1, 0.15) is 12.5 Å². The van der Waals surface area contributed by atoms with E-state index in [-0.39, 0.29) is 0 Å². The van der Waals surface area contributed by atoms with Gasteiger partial charge in [-0.3, -0.25) is 4.68 Å². The number of phenolic OH excluding ortho intramolecular Hbond substituents is 1. The summed E-state index contributed by atoms with van der Waals surface area (Å²) in [5, 5.41) is 16.7. The van der Waals surface area contributed by atoms with Crippen molar-refractivity contribution in [2.45, 2.75) is 19.4 Å². The van der Waals surface area contributed by atoms with E-state index in [4.69, 9.17) is 0 Å². The maximum absolute atomic E-state index is 9.20. The van der Waals surface area contributed by atoms with E-state index in [2.05, 4.69) is 17.3 Å². The highest BCUT2D eigenvalue weighted by atomic mass is 16.3. The molecule has 0 saturated carbocycles. The first-order valence-electron chi connectivity index (χ1n) is 5.66. The van der Waals surface area contributed by atoms with Gasteiger partial charge in [-0.1, -0.05) is 12.1 Å². The van der Waals surface area contributed by atoms with Crippen LogP contribution < -0.4 is 5.32 Å². The lowest BCUT2D eigenvalue weighted by atomic mass is 10.1. The molecule has 4 nitrogen and oxygen atoms in total. The van der Waals surface area contributed by atoms with Crippen molar-refractivity contribution in [3.8, 4) is 5.75 Å². The molecule has 0 aliphatic rings. The summed E-state index contributed by atoms with van der Waals surface area (Å²) in [7, 11) is 1.90. The largest absolute Gasteiger partial charge is 0.508 e. The molecular formula is C13H17N3O. The lowest BCUT2D eigenvalue weighted by molar-refractivity contribution is 0.475. The fraction of sp³-hybridized carbons (Fsp3) is 0.308. The zero-order valence-corrected chi connectivity index (χ0v) is 10.1. The van der Waals surface area contributed by atoms with Crippen molar-refractivity contribution in [2.24, 2.45) is 7.05 Å². The molecule has 1 atom stereocenters. The molecule has 0 spiro atoms. The summed E-state index contributed by atoms with van der Waals surface area (Å²) < 4.78 is 1.77. The Morgan fingerprint density at radius 3 is 2.65 bits per heavy atom. The molecule has 0 aliphatic heterocycles. The number of anilines is 1. The number of aromatic nitrogens is 2. The van der Waals surface area contributed by atoms with Gasteiger partial charge in [0, 0.05) is 19.3 Å². The van der Waals surface area contributed by atoms with Gasteiger partial charge in [0.05, 0.1) is 11.9 Å². The fourth-order valence-corrected chi connectivity index (χ4v) is 1.82. The van der Waals surface area contributed by atoms with Crippen LogP contribution in [0.15, 0.2) is 36.7 Å². The van der Waals surface area contributed by atoms with Gasteiger partial charge in [0.25, 0.3) is 0 Å². The molecule has 0 saturated heterocycles. The maximum atomic E-state index is 9.20. The summed E-state index contributed by atoms with van der Waals surface area (Å²) in [5.74, 6) is 0.307. The highest BCUT2D eigenvalue weighted by Gasteiger charge is 2.04. The molecule has 2 aromatic rings. The number of rotatable bonds is 4. The lowest BCUT2D eigenvalue weighted by Crippen LogP contribution is -2.17. The van der Waals surface area contributed by atoms with Crippen LogP contribution >= 0.6 is 0 Å². The van der Waals surface area contributed by atoms with Crippen molar-refractivity contribution in [2.75, 3.05) is 5.32 Å².